The number of aryl methyl sites for hydroxylation is 2. The first-order valence-electron chi connectivity index (χ1n) is 5.05. The molecule has 1 aromatic heterocycles. The van der Waals surface area contributed by atoms with E-state index in [0.29, 0.717) is 6.42 Å². The molecule has 0 amide bonds. The predicted octanol–water partition coefficient (Wildman–Crippen LogP) is 2.62. The van der Waals surface area contributed by atoms with Gasteiger partial charge in [0.05, 0.1) is 0 Å². The molecule has 0 saturated carbocycles. The van der Waals surface area contributed by atoms with Crippen LogP contribution in [0, 0.1) is 13.8 Å². The fourth-order valence-electron chi connectivity index (χ4n) is 1.63. The van der Waals surface area contributed by atoms with E-state index in [-0.39, 0.29) is 12.5 Å². The standard InChI is InChI=1S/C11H17NO2S/c1-7-6-8(2)15-11(7)9(12)4-3-5-10(13)14/h6,9H,3-5,12H2,1-2H3,(H,13,14). The maximum absolute atomic E-state index is 10.4. The summed E-state index contributed by atoms with van der Waals surface area (Å²) >= 11 is 1.71. The minimum absolute atomic E-state index is 0.0111. The van der Waals surface area contributed by atoms with Crippen LogP contribution in [0.1, 0.15) is 40.6 Å². The molecule has 84 valence electrons. The summed E-state index contributed by atoms with van der Waals surface area (Å²) in [5, 5.41) is 8.52. The van der Waals surface area contributed by atoms with E-state index < -0.39 is 5.97 Å². The summed E-state index contributed by atoms with van der Waals surface area (Å²) in [4.78, 5) is 12.8. The summed E-state index contributed by atoms with van der Waals surface area (Å²) in [7, 11) is 0. The molecule has 0 aliphatic heterocycles. The van der Waals surface area contributed by atoms with Gasteiger partial charge in [0.1, 0.15) is 0 Å². The van der Waals surface area contributed by atoms with E-state index in [9.17, 15) is 4.79 Å². The topological polar surface area (TPSA) is 63.3 Å². The van der Waals surface area contributed by atoms with Gasteiger partial charge in [-0.15, -0.1) is 11.3 Å². The number of nitrogens with two attached hydrogens (primary N) is 1. The third kappa shape index (κ3) is 3.64. The van der Waals surface area contributed by atoms with Crippen molar-refractivity contribution in [2.45, 2.75) is 39.2 Å². The first kappa shape index (κ1) is 12.2. The Hall–Kier alpha value is -0.870. The quantitative estimate of drug-likeness (QED) is 0.812. The number of thiophene rings is 1. The summed E-state index contributed by atoms with van der Waals surface area (Å²) in [6.07, 6.45) is 1.59. The third-order valence-electron chi connectivity index (χ3n) is 2.32. The van der Waals surface area contributed by atoms with Crippen LogP contribution in [0.4, 0.5) is 0 Å². The number of rotatable bonds is 5. The average molecular weight is 227 g/mol. The normalized spacial score (nSPS) is 12.7. The van der Waals surface area contributed by atoms with Crippen LogP contribution in [-0.4, -0.2) is 11.1 Å². The van der Waals surface area contributed by atoms with Crippen molar-refractivity contribution in [3.8, 4) is 0 Å². The Kier molecular flexibility index (Phi) is 4.29. The molecule has 0 bridgehead atoms. The SMILES string of the molecule is Cc1cc(C)c(C(N)CCCC(=O)O)s1. The van der Waals surface area contributed by atoms with Crippen LogP contribution in [0.5, 0.6) is 0 Å². The van der Waals surface area contributed by atoms with Crippen LogP contribution < -0.4 is 5.73 Å². The van der Waals surface area contributed by atoms with Crippen molar-refractivity contribution in [1.82, 2.24) is 0 Å². The van der Waals surface area contributed by atoms with Crippen molar-refractivity contribution in [2.75, 3.05) is 0 Å². The van der Waals surface area contributed by atoms with Gasteiger partial charge in [-0.3, -0.25) is 4.79 Å². The zero-order chi connectivity index (χ0) is 11.4. The monoisotopic (exact) mass is 227 g/mol. The predicted molar refractivity (Wildman–Crippen MR) is 62.2 cm³/mol. The van der Waals surface area contributed by atoms with Crippen molar-refractivity contribution in [1.29, 1.82) is 0 Å². The van der Waals surface area contributed by atoms with Crippen LogP contribution in [0.15, 0.2) is 6.07 Å². The molecule has 0 radical (unpaired) electrons. The maximum atomic E-state index is 10.4. The van der Waals surface area contributed by atoms with E-state index in [1.807, 2.05) is 0 Å². The molecule has 0 spiro atoms. The Balaban J connectivity index is 2.50. The lowest BCUT2D eigenvalue weighted by molar-refractivity contribution is -0.137. The molecule has 0 fully saturated rings. The van der Waals surface area contributed by atoms with Crippen molar-refractivity contribution in [2.24, 2.45) is 5.73 Å². The molecule has 1 rings (SSSR count). The van der Waals surface area contributed by atoms with Gasteiger partial charge in [0, 0.05) is 22.2 Å². The van der Waals surface area contributed by atoms with E-state index in [1.165, 1.54) is 15.3 Å². The fourth-order valence-corrected chi connectivity index (χ4v) is 2.70. The second kappa shape index (κ2) is 5.28. The smallest absolute Gasteiger partial charge is 0.303 e. The van der Waals surface area contributed by atoms with E-state index in [1.54, 1.807) is 11.3 Å². The van der Waals surface area contributed by atoms with Crippen molar-refractivity contribution in [3.05, 3.63) is 21.4 Å². The van der Waals surface area contributed by atoms with Gasteiger partial charge in [-0.05, 0) is 38.3 Å². The van der Waals surface area contributed by atoms with E-state index >= 15 is 0 Å². The Bertz CT molecular complexity index is 346. The molecular weight excluding hydrogens is 210 g/mol. The Morgan fingerprint density at radius 1 is 1.60 bits per heavy atom. The van der Waals surface area contributed by atoms with E-state index in [2.05, 4.69) is 19.9 Å². The van der Waals surface area contributed by atoms with Gasteiger partial charge in [-0.2, -0.15) is 0 Å². The van der Waals surface area contributed by atoms with Crippen LogP contribution in [-0.2, 0) is 4.79 Å². The summed E-state index contributed by atoms with van der Waals surface area (Å²) in [6, 6.07) is 2.11. The summed E-state index contributed by atoms with van der Waals surface area (Å²) < 4.78 is 0. The number of aliphatic carboxylic acids is 1. The molecule has 0 aliphatic rings. The van der Waals surface area contributed by atoms with Gasteiger partial charge in [0.25, 0.3) is 0 Å². The molecule has 0 aromatic carbocycles. The maximum Gasteiger partial charge on any atom is 0.303 e. The molecular formula is C11H17NO2S. The van der Waals surface area contributed by atoms with E-state index in [4.69, 9.17) is 10.8 Å². The second-order valence-corrected chi connectivity index (χ2v) is 5.08. The Morgan fingerprint density at radius 2 is 2.27 bits per heavy atom. The van der Waals surface area contributed by atoms with Gasteiger partial charge in [0.15, 0.2) is 0 Å². The Labute approximate surface area is 93.9 Å². The van der Waals surface area contributed by atoms with Crippen molar-refractivity contribution < 1.29 is 9.90 Å². The molecule has 4 heteroatoms. The summed E-state index contributed by atoms with van der Waals surface area (Å²) in [5.41, 5.74) is 7.24. The molecule has 0 saturated heterocycles. The molecule has 1 heterocycles. The van der Waals surface area contributed by atoms with Gasteiger partial charge in [-0.25, -0.2) is 0 Å². The van der Waals surface area contributed by atoms with Gasteiger partial charge in [-0.1, -0.05) is 0 Å². The summed E-state index contributed by atoms with van der Waals surface area (Å²) in [5.74, 6) is -0.749. The average Bonchev–Trinajstić information content (AvgIpc) is 2.44. The molecule has 1 unspecified atom stereocenters. The van der Waals surface area contributed by atoms with Crippen LogP contribution in [0.2, 0.25) is 0 Å². The number of hydrogen-bond donors (Lipinski definition) is 2. The minimum atomic E-state index is -0.749. The second-order valence-electron chi connectivity index (χ2n) is 3.80. The minimum Gasteiger partial charge on any atom is -0.481 e. The first-order valence-corrected chi connectivity index (χ1v) is 5.86. The number of carboxylic acids is 1. The largest absolute Gasteiger partial charge is 0.481 e. The highest BCUT2D eigenvalue weighted by molar-refractivity contribution is 7.12. The lowest BCUT2D eigenvalue weighted by atomic mass is 10.1. The lowest BCUT2D eigenvalue weighted by Gasteiger charge is -2.09. The molecule has 3 nitrogen and oxygen atoms in total. The number of carboxylic acid groups (broad SMARTS) is 1. The zero-order valence-corrected chi connectivity index (χ0v) is 9.93. The molecule has 0 aliphatic carbocycles. The highest BCUT2D eigenvalue weighted by atomic mass is 32.1. The highest BCUT2D eigenvalue weighted by Crippen LogP contribution is 2.28. The van der Waals surface area contributed by atoms with Gasteiger partial charge < -0.3 is 10.8 Å². The highest BCUT2D eigenvalue weighted by Gasteiger charge is 2.12. The van der Waals surface area contributed by atoms with Crippen molar-refractivity contribution >= 4 is 17.3 Å². The Morgan fingerprint density at radius 3 is 2.73 bits per heavy atom. The van der Waals surface area contributed by atoms with Gasteiger partial charge >= 0.3 is 5.97 Å². The van der Waals surface area contributed by atoms with E-state index in [0.717, 1.165) is 6.42 Å². The lowest BCUT2D eigenvalue weighted by Crippen LogP contribution is -2.10. The zero-order valence-electron chi connectivity index (χ0n) is 9.12. The summed E-state index contributed by atoms with van der Waals surface area (Å²) in [6.45, 7) is 4.11. The first-order chi connectivity index (χ1) is 7.00. The van der Waals surface area contributed by atoms with Crippen molar-refractivity contribution in [3.63, 3.8) is 0 Å². The van der Waals surface area contributed by atoms with Gasteiger partial charge in [0.2, 0.25) is 0 Å². The number of carbonyl (C=O) groups is 1. The molecule has 1 atom stereocenters. The fraction of sp³-hybridized carbons (Fsp3) is 0.545. The van der Waals surface area contributed by atoms with Crippen LogP contribution >= 0.6 is 11.3 Å². The molecule has 3 N–H and O–H groups in total. The molecule has 1 aromatic rings. The van der Waals surface area contributed by atoms with Crippen LogP contribution in [0.25, 0.3) is 0 Å². The molecule has 15 heavy (non-hydrogen) atoms. The van der Waals surface area contributed by atoms with Crippen LogP contribution in [0.3, 0.4) is 0 Å². The third-order valence-corrected chi connectivity index (χ3v) is 3.61. The number of hydrogen-bond acceptors (Lipinski definition) is 3.